The van der Waals surface area contributed by atoms with Crippen LogP contribution >= 0.6 is 0 Å². The topological polar surface area (TPSA) is 208 Å². The van der Waals surface area contributed by atoms with Crippen molar-refractivity contribution in [1.29, 1.82) is 0 Å². The van der Waals surface area contributed by atoms with Gasteiger partial charge in [0.1, 0.15) is 23.9 Å². The third kappa shape index (κ3) is 10.5. The van der Waals surface area contributed by atoms with Crippen molar-refractivity contribution >= 4 is 29.7 Å². The lowest BCUT2D eigenvalue weighted by Gasteiger charge is -2.28. The summed E-state index contributed by atoms with van der Waals surface area (Å²) in [7, 11) is 0. The molecule has 8 N–H and O–H groups in total. The molecular weight excluding hydrogens is 484 g/mol. The number of phenols is 1. The number of aromatic hydroxyl groups is 1. The Hall–Kier alpha value is -3.67. The summed E-state index contributed by atoms with van der Waals surface area (Å²) < 4.78 is 0. The van der Waals surface area contributed by atoms with Crippen LogP contribution in [0.5, 0.6) is 5.75 Å². The van der Waals surface area contributed by atoms with Gasteiger partial charge in [0, 0.05) is 6.42 Å². The number of amides is 3. The van der Waals surface area contributed by atoms with Crippen molar-refractivity contribution in [2.24, 2.45) is 17.6 Å². The van der Waals surface area contributed by atoms with Crippen LogP contribution in [0.2, 0.25) is 0 Å². The van der Waals surface area contributed by atoms with Gasteiger partial charge < -0.3 is 37.0 Å². The Morgan fingerprint density at radius 3 is 1.92 bits per heavy atom. The van der Waals surface area contributed by atoms with Crippen molar-refractivity contribution in [3.8, 4) is 5.75 Å². The smallest absolute Gasteiger partial charge is 0.326 e. The van der Waals surface area contributed by atoms with Crippen LogP contribution in [0.1, 0.15) is 52.5 Å². The number of benzene rings is 1. The van der Waals surface area contributed by atoms with Gasteiger partial charge in [-0.05, 0) is 42.4 Å². The van der Waals surface area contributed by atoms with Gasteiger partial charge in [-0.25, -0.2) is 4.79 Å². The fourth-order valence-corrected chi connectivity index (χ4v) is 3.51. The zero-order chi connectivity index (χ0) is 28.3. The fourth-order valence-electron chi connectivity index (χ4n) is 3.51. The minimum absolute atomic E-state index is 0.0507. The summed E-state index contributed by atoms with van der Waals surface area (Å²) in [6.07, 6.45) is -0.0820. The summed E-state index contributed by atoms with van der Waals surface area (Å²) in [6.45, 7) is 6.78. The van der Waals surface area contributed by atoms with Gasteiger partial charge in [0.2, 0.25) is 17.7 Å². The van der Waals surface area contributed by atoms with E-state index in [-0.39, 0.29) is 24.5 Å². The number of phenolic OH excluding ortho intramolecular Hbond substituents is 1. The van der Waals surface area contributed by atoms with Crippen molar-refractivity contribution in [3.63, 3.8) is 0 Å². The Balaban J connectivity index is 2.98. The van der Waals surface area contributed by atoms with Gasteiger partial charge in [-0.1, -0.05) is 46.2 Å². The minimum atomic E-state index is -1.30. The highest BCUT2D eigenvalue weighted by Crippen LogP contribution is 2.12. The highest BCUT2D eigenvalue weighted by molar-refractivity contribution is 5.94. The highest BCUT2D eigenvalue weighted by Gasteiger charge is 2.33. The second-order valence-electron chi connectivity index (χ2n) is 9.41. The zero-order valence-electron chi connectivity index (χ0n) is 21.6. The molecule has 1 aromatic rings. The van der Waals surface area contributed by atoms with E-state index in [1.807, 2.05) is 0 Å². The van der Waals surface area contributed by atoms with Crippen LogP contribution in [0.25, 0.3) is 0 Å². The molecule has 1 rings (SSSR count). The number of carboxylic acids is 2. The standard InChI is InChI=1S/C25H38N4O8/c1-5-14(4)21(25(36)37)29-24(35)20(13(2)3)28-23(34)18(10-11-19(31)32)27-22(33)17(26)12-15-6-8-16(30)9-7-15/h6-9,13-14,17-18,20-21,30H,5,10-12,26H2,1-4H3,(H,27,33)(H,28,34)(H,29,35)(H,31,32)(H,36,37). The number of nitrogens with one attached hydrogen (secondary N) is 3. The minimum Gasteiger partial charge on any atom is -0.508 e. The second kappa shape index (κ2) is 14.8. The summed E-state index contributed by atoms with van der Waals surface area (Å²) in [5.74, 6) is -5.34. The Kier molecular flexibility index (Phi) is 12.5. The van der Waals surface area contributed by atoms with Crippen LogP contribution in [0.3, 0.4) is 0 Å². The fraction of sp³-hybridized carbons (Fsp3) is 0.560. The first-order chi connectivity index (χ1) is 17.3. The molecular formula is C25H38N4O8. The molecule has 0 saturated carbocycles. The molecule has 0 radical (unpaired) electrons. The lowest BCUT2D eigenvalue weighted by Crippen LogP contribution is -2.59. The number of hydrogen-bond acceptors (Lipinski definition) is 7. The normalized spacial score (nSPS) is 15.1. The number of nitrogens with two attached hydrogens (primary N) is 1. The largest absolute Gasteiger partial charge is 0.508 e. The van der Waals surface area contributed by atoms with E-state index in [1.54, 1.807) is 39.8 Å². The molecule has 5 unspecified atom stereocenters. The summed E-state index contributed by atoms with van der Waals surface area (Å²) >= 11 is 0. The molecule has 0 heterocycles. The number of aliphatic carboxylic acids is 2. The first-order valence-corrected chi connectivity index (χ1v) is 12.2. The summed E-state index contributed by atoms with van der Waals surface area (Å²) in [4.78, 5) is 61.4. The molecule has 12 nitrogen and oxygen atoms in total. The third-order valence-electron chi connectivity index (χ3n) is 6.03. The van der Waals surface area contributed by atoms with Crippen LogP contribution in [-0.2, 0) is 30.4 Å². The van der Waals surface area contributed by atoms with Gasteiger partial charge in [-0.15, -0.1) is 0 Å². The first kappa shape index (κ1) is 31.4. The molecule has 0 bridgehead atoms. The number of carboxylic acid groups (broad SMARTS) is 2. The molecule has 12 heteroatoms. The van der Waals surface area contributed by atoms with Crippen LogP contribution in [0.15, 0.2) is 24.3 Å². The average Bonchev–Trinajstić information content (AvgIpc) is 2.83. The predicted molar refractivity (Wildman–Crippen MR) is 134 cm³/mol. The maximum Gasteiger partial charge on any atom is 0.326 e. The number of carbonyl (C=O) groups is 5. The van der Waals surface area contributed by atoms with Crippen molar-refractivity contribution in [2.45, 2.75) is 77.5 Å². The number of rotatable bonds is 15. The average molecular weight is 523 g/mol. The Labute approximate surface area is 216 Å². The van der Waals surface area contributed by atoms with E-state index in [4.69, 9.17) is 10.8 Å². The van der Waals surface area contributed by atoms with Crippen LogP contribution in [0.4, 0.5) is 0 Å². The molecule has 0 aliphatic carbocycles. The van der Waals surface area contributed by atoms with E-state index in [1.165, 1.54) is 12.1 Å². The molecule has 0 fully saturated rings. The van der Waals surface area contributed by atoms with Crippen molar-refractivity contribution < 1.29 is 39.3 Å². The van der Waals surface area contributed by atoms with Gasteiger partial charge in [0.15, 0.2) is 0 Å². The zero-order valence-corrected chi connectivity index (χ0v) is 21.6. The van der Waals surface area contributed by atoms with Gasteiger partial charge in [0.05, 0.1) is 6.04 Å². The maximum atomic E-state index is 13.1. The molecule has 0 aromatic heterocycles. The van der Waals surface area contributed by atoms with E-state index < -0.39 is 66.2 Å². The van der Waals surface area contributed by atoms with Gasteiger partial charge in [0.25, 0.3) is 0 Å². The lowest BCUT2D eigenvalue weighted by molar-refractivity contribution is -0.144. The molecule has 1 aromatic carbocycles. The van der Waals surface area contributed by atoms with Crippen LogP contribution in [-0.4, -0.2) is 69.1 Å². The molecule has 0 spiro atoms. The summed E-state index contributed by atoms with van der Waals surface area (Å²) in [5.41, 5.74) is 6.64. The van der Waals surface area contributed by atoms with Crippen LogP contribution < -0.4 is 21.7 Å². The van der Waals surface area contributed by atoms with Gasteiger partial charge in [-0.3, -0.25) is 19.2 Å². The van der Waals surface area contributed by atoms with Crippen LogP contribution in [0, 0.1) is 11.8 Å². The van der Waals surface area contributed by atoms with Crippen molar-refractivity contribution in [2.75, 3.05) is 0 Å². The van der Waals surface area contributed by atoms with Crippen molar-refractivity contribution in [1.82, 2.24) is 16.0 Å². The maximum absolute atomic E-state index is 13.1. The number of hydrogen-bond donors (Lipinski definition) is 7. The quantitative estimate of drug-likeness (QED) is 0.169. The van der Waals surface area contributed by atoms with Crippen molar-refractivity contribution in [3.05, 3.63) is 29.8 Å². The van der Waals surface area contributed by atoms with E-state index in [0.29, 0.717) is 12.0 Å². The van der Waals surface area contributed by atoms with E-state index in [2.05, 4.69) is 16.0 Å². The molecule has 3 amide bonds. The molecule has 0 aliphatic rings. The Bertz CT molecular complexity index is 951. The molecule has 0 saturated heterocycles. The van der Waals surface area contributed by atoms with Gasteiger partial charge >= 0.3 is 11.9 Å². The SMILES string of the molecule is CCC(C)C(NC(=O)C(NC(=O)C(CCC(=O)O)NC(=O)C(N)Cc1ccc(O)cc1)C(C)C)C(=O)O. The second-order valence-corrected chi connectivity index (χ2v) is 9.41. The molecule has 37 heavy (non-hydrogen) atoms. The Morgan fingerprint density at radius 1 is 0.865 bits per heavy atom. The molecule has 206 valence electrons. The summed E-state index contributed by atoms with van der Waals surface area (Å²) in [6, 6.07) is 1.41. The lowest BCUT2D eigenvalue weighted by atomic mass is 9.97. The molecule has 5 atom stereocenters. The predicted octanol–water partition coefficient (Wildman–Crippen LogP) is 0.368. The monoisotopic (exact) mass is 522 g/mol. The molecule has 0 aliphatic heterocycles. The first-order valence-electron chi connectivity index (χ1n) is 12.2. The number of carbonyl (C=O) groups excluding carboxylic acids is 3. The third-order valence-corrected chi connectivity index (χ3v) is 6.03. The summed E-state index contributed by atoms with van der Waals surface area (Å²) in [5, 5.41) is 35.4. The van der Waals surface area contributed by atoms with E-state index >= 15 is 0 Å². The van der Waals surface area contributed by atoms with Gasteiger partial charge in [-0.2, -0.15) is 0 Å². The van der Waals surface area contributed by atoms with E-state index in [0.717, 1.165) is 0 Å². The Morgan fingerprint density at radius 2 is 1.43 bits per heavy atom. The highest BCUT2D eigenvalue weighted by atomic mass is 16.4. The van der Waals surface area contributed by atoms with E-state index in [9.17, 15) is 34.2 Å².